The molecular weight excluding hydrogens is 266 g/mol. The lowest BCUT2D eigenvalue weighted by Gasteiger charge is -2.16. The minimum absolute atomic E-state index is 0.212. The Bertz CT molecular complexity index is 701. The third-order valence-electron chi connectivity index (χ3n) is 3.16. The highest BCUT2D eigenvalue weighted by Crippen LogP contribution is 2.17. The highest BCUT2D eigenvalue weighted by Gasteiger charge is 2.10. The molecule has 3 aromatic heterocycles. The molecule has 0 saturated carbocycles. The van der Waals surface area contributed by atoms with Crippen molar-refractivity contribution in [3.05, 3.63) is 37.3 Å². The first-order chi connectivity index (χ1) is 10.3. The molecule has 21 heavy (non-hydrogen) atoms. The fourth-order valence-corrected chi connectivity index (χ4v) is 2.28. The Labute approximate surface area is 123 Å². The van der Waals surface area contributed by atoms with E-state index >= 15 is 0 Å². The molecule has 0 aliphatic heterocycles. The molecule has 0 aliphatic rings. The van der Waals surface area contributed by atoms with Crippen LogP contribution in [-0.4, -0.2) is 36.5 Å². The van der Waals surface area contributed by atoms with Gasteiger partial charge in [-0.25, -0.2) is 15.0 Å². The molecule has 1 unspecified atom stereocenters. The first-order valence-electron chi connectivity index (χ1n) is 7.06. The van der Waals surface area contributed by atoms with Gasteiger partial charge in [0.2, 0.25) is 0 Å². The van der Waals surface area contributed by atoms with Crippen molar-refractivity contribution in [2.45, 2.75) is 26.4 Å². The Morgan fingerprint density at radius 2 is 2.19 bits per heavy atom. The molecule has 3 rings (SSSR count). The van der Waals surface area contributed by atoms with E-state index in [1.807, 2.05) is 33.9 Å². The van der Waals surface area contributed by atoms with E-state index in [1.165, 1.54) is 0 Å². The lowest BCUT2D eigenvalue weighted by atomic mass is 10.3. The van der Waals surface area contributed by atoms with Gasteiger partial charge in [0.15, 0.2) is 11.5 Å². The Morgan fingerprint density at radius 1 is 1.29 bits per heavy atom. The maximum atomic E-state index is 4.60. The highest BCUT2D eigenvalue weighted by molar-refractivity contribution is 5.65. The van der Waals surface area contributed by atoms with Gasteiger partial charge in [0.25, 0.3) is 0 Å². The number of imidazole rings is 2. The van der Waals surface area contributed by atoms with Crippen LogP contribution in [-0.2, 0) is 6.54 Å². The molecule has 0 aliphatic carbocycles. The molecule has 1 atom stereocenters. The Kier molecular flexibility index (Phi) is 3.72. The van der Waals surface area contributed by atoms with E-state index in [-0.39, 0.29) is 6.04 Å². The van der Waals surface area contributed by atoms with Gasteiger partial charge in [-0.2, -0.15) is 0 Å². The maximum absolute atomic E-state index is 4.60. The normalized spacial score (nSPS) is 12.5. The Balaban J connectivity index is 1.83. The van der Waals surface area contributed by atoms with Gasteiger partial charge in [0, 0.05) is 43.9 Å². The zero-order valence-electron chi connectivity index (χ0n) is 12.2. The van der Waals surface area contributed by atoms with Crippen molar-refractivity contribution in [3.63, 3.8) is 0 Å². The fourth-order valence-electron chi connectivity index (χ4n) is 2.28. The largest absolute Gasteiger partial charge is 0.369 e. The molecule has 110 valence electrons. The third kappa shape index (κ3) is 2.96. The summed E-state index contributed by atoms with van der Waals surface area (Å²) in [6, 6.07) is 0.212. The average Bonchev–Trinajstić information content (AvgIpc) is 3.09. The van der Waals surface area contributed by atoms with Crippen LogP contribution in [0, 0.1) is 0 Å². The predicted octanol–water partition coefficient (Wildman–Crippen LogP) is 1.86. The molecule has 0 amide bonds. The van der Waals surface area contributed by atoms with Gasteiger partial charge in [-0.15, -0.1) is 0 Å². The number of nitrogens with zero attached hydrogens (tertiary/aromatic N) is 5. The smallest absolute Gasteiger partial charge is 0.180 e. The third-order valence-corrected chi connectivity index (χ3v) is 3.16. The molecule has 7 heteroatoms. The summed E-state index contributed by atoms with van der Waals surface area (Å²) >= 11 is 0. The molecule has 0 aromatic carbocycles. The summed E-state index contributed by atoms with van der Waals surface area (Å²) in [5, 5.41) is 6.66. The summed E-state index contributed by atoms with van der Waals surface area (Å²) < 4.78 is 4.01. The number of anilines is 2. The first-order valence-corrected chi connectivity index (χ1v) is 7.06. The monoisotopic (exact) mass is 285 g/mol. The molecular formula is C14H19N7. The maximum Gasteiger partial charge on any atom is 0.180 e. The Morgan fingerprint density at radius 3 is 2.95 bits per heavy atom. The van der Waals surface area contributed by atoms with E-state index in [4.69, 9.17) is 0 Å². The van der Waals surface area contributed by atoms with E-state index in [1.54, 1.807) is 12.4 Å². The van der Waals surface area contributed by atoms with Crippen LogP contribution >= 0.6 is 0 Å². The van der Waals surface area contributed by atoms with Gasteiger partial charge in [0.05, 0.1) is 12.5 Å². The van der Waals surface area contributed by atoms with Crippen LogP contribution in [0.2, 0.25) is 0 Å². The number of nitrogens with one attached hydrogen (secondary N) is 2. The number of hydrogen-bond acceptors (Lipinski definition) is 5. The lowest BCUT2D eigenvalue weighted by Crippen LogP contribution is -2.22. The lowest BCUT2D eigenvalue weighted by molar-refractivity contribution is 0.617. The average molecular weight is 285 g/mol. The van der Waals surface area contributed by atoms with Gasteiger partial charge in [-0.3, -0.25) is 0 Å². The standard InChI is InChI=1S/C14H19N7/c1-3-16-12-9-21-7-5-17-14(21)13(19-12)18-11(2)8-20-6-4-15-10-20/h4-7,9-11,16H,3,8H2,1-2H3,(H,18,19). The summed E-state index contributed by atoms with van der Waals surface area (Å²) in [7, 11) is 0. The Hall–Kier alpha value is -2.57. The van der Waals surface area contributed by atoms with Crippen molar-refractivity contribution in [2.75, 3.05) is 17.2 Å². The second-order valence-corrected chi connectivity index (χ2v) is 4.97. The minimum Gasteiger partial charge on any atom is -0.369 e. The van der Waals surface area contributed by atoms with Gasteiger partial charge in [-0.05, 0) is 13.8 Å². The molecule has 0 bridgehead atoms. The van der Waals surface area contributed by atoms with E-state index in [0.29, 0.717) is 0 Å². The van der Waals surface area contributed by atoms with Crippen LogP contribution in [0.15, 0.2) is 37.3 Å². The van der Waals surface area contributed by atoms with E-state index in [9.17, 15) is 0 Å². The van der Waals surface area contributed by atoms with Gasteiger partial charge < -0.3 is 19.6 Å². The molecule has 0 fully saturated rings. The van der Waals surface area contributed by atoms with Crippen molar-refractivity contribution in [1.82, 2.24) is 23.9 Å². The van der Waals surface area contributed by atoms with Gasteiger partial charge >= 0.3 is 0 Å². The summed E-state index contributed by atoms with van der Waals surface area (Å²) in [4.78, 5) is 13.0. The van der Waals surface area contributed by atoms with Crippen LogP contribution in [0.1, 0.15) is 13.8 Å². The number of fused-ring (bicyclic) bond motifs is 1. The topological polar surface area (TPSA) is 72.1 Å². The summed E-state index contributed by atoms with van der Waals surface area (Å²) in [6.07, 6.45) is 11.2. The van der Waals surface area contributed by atoms with E-state index in [2.05, 4.69) is 39.4 Å². The van der Waals surface area contributed by atoms with Gasteiger partial charge in [0.1, 0.15) is 5.82 Å². The minimum atomic E-state index is 0.212. The predicted molar refractivity (Wildman–Crippen MR) is 82.5 cm³/mol. The van der Waals surface area contributed by atoms with Crippen LogP contribution in [0.3, 0.4) is 0 Å². The molecule has 2 N–H and O–H groups in total. The van der Waals surface area contributed by atoms with Crippen LogP contribution in [0.25, 0.3) is 5.65 Å². The summed E-state index contributed by atoms with van der Waals surface area (Å²) in [5.41, 5.74) is 0.828. The summed E-state index contributed by atoms with van der Waals surface area (Å²) in [5.74, 6) is 1.62. The van der Waals surface area contributed by atoms with Crippen LogP contribution in [0.5, 0.6) is 0 Å². The fraction of sp³-hybridized carbons (Fsp3) is 0.357. The van der Waals surface area contributed by atoms with Crippen molar-refractivity contribution >= 4 is 17.3 Å². The number of rotatable bonds is 6. The van der Waals surface area contributed by atoms with Crippen molar-refractivity contribution in [1.29, 1.82) is 0 Å². The van der Waals surface area contributed by atoms with Crippen molar-refractivity contribution < 1.29 is 0 Å². The van der Waals surface area contributed by atoms with E-state index in [0.717, 1.165) is 30.4 Å². The van der Waals surface area contributed by atoms with E-state index < -0.39 is 0 Å². The quantitative estimate of drug-likeness (QED) is 0.723. The highest BCUT2D eigenvalue weighted by atomic mass is 15.2. The molecule has 7 nitrogen and oxygen atoms in total. The molecule has 0 saturated heterocycles. The van der Waals surface area contributed by atoms with Gasteiger partial charge in [-0.1, -0.05) is 0 Å². The first kappa shape index (κ1) is 13.4. The SMILES string of the molecule is CCNc1cn2ccnc2c(NC(C)Cn2ccnc2)n1. The number of aromatic nitrogens is 5. The van der Waals surface area contributed by atoms with Crippen LogP contribution in [0.4, 0.5) is 11.6 Å². The second kappa shape index (κ2) is 5.82. The summed E-state index contributed by atoms with van der Waals surface area (Å²) in [6.45, 7) is 5.81. The zero-order chi connectivity index (χ0) is 14.7. The molecule has 3 heterocycles. The van der Waals surface area contributed by atoms with Crippen molar-refractivity contribution in [3.8, 4) is 0 Å². The molecule has 3 aromatic rings. The second-order valence-electron chi connectivity index (χ2n) is 4.97. The van der Waals surface area contributed by atoms with Crippen molar-refractivity contribution in [2.24, 2.45) is 0 Å². The number of hydrogen-bond donors (Lipinski definition) is 2. The molecule has 0 radical (unpaired) electrons. The van der Waals surface area contributed by atoms with Crippen LogP contribution < -0.4 is 10.6 Å². The zero-order valence-corrected chi connectivity index (χ0v) is 12.2. The molecule has 0 spiro atoms.